The Hall–Kier alpha value is -5.52. The summed E-state index contributed by atoms with van der Waals surface area (Å²) in [5.74, 6) is 1.05. The number of methoxy groups -OCH3 is 1. The van der Waals surface area contributed by atoms with Crippen molar-refractivity contribution >= 4 is 39.6 Å². The Balaban J connectivity index is 0.00000329. The standard InChI is InChI=1S/C30H27N9O3.H2/c1-19-33-18-38(35-19)28-26-25(24(42-2)17-32-28)21(16-31-26)27(40)29(41)36-12-14-37(15-13-36)30-34-22-10-6-7-11-23(22)39(30)20-8-4-3-5-9-20;/h3-11,16-18,31H,12-15H2,1-2H3;1H. The maximum Gasteiger partial charge on any atom is 0.295 e. The second kappa shape index (κ2) is 10.1. The molecule has 0 unspecified atom stereocenters. The molecule has 1 aliphatic heterocycles. The normalized spacial score (nSPS) is 13.7. The number of hydrogen-bond donors (Lipinski definition) is 1. The lowest BCUT2D eigenvalue weighted by Crippen LogP contribution is -2.51. The number of H-pyrrole nitrogens is 1. The molecule has 0 bridgehead atoms. The molecule has 6 aromatic rings. The number of nitrogens with zero attached hydrogens (tertiary/aromatic N) is 8. The van der Waals surface area contributed by atoms with E-state index in [0.29, 0.717) is 54.5 Å². The highest BCUT2D eigenvalue weighted by Gasteiger charge is 2.31. The van der Waals surface area contributed by atoms with E-state index >= 15 is 0 Å². The van der Waals surface area contributed by atoms with Crippen LogP contribution in [0.5, 0.6) is 5.75 Å². The number of aryl methyl sites for hydroxylation is 1. The first-order valence-electron chi connectivity index (χ1n) is 13.6. The van der Waals surface area contributed by atoms with Crippen LogP contribution in [0.25, 0.3) is 33.4 Å². The van der Waals surface area contributed by atoms with Crippen LogP contribution >= 0.6 is 0 Å². The number of ketones is 1. The molecule has 212 valence electrons. The number of aromatic nitrogens is 7. The van der Waals surface area contributed by atoms with E-state index in [1.807, 2.05) is 36.4 Å². The predicted octanol–water partition coefficient (Wildman–Crippen LogP) is 3.58. The second-order valence-corrected chi connectivity index (χ2v) is 10.0. The third-order valence-corrected chi connectivity index (χ3v) is 7.54. The lowest BCUT2D eigenvalue weighted by molar-refractivity contribution is -0.126. The number of para-hydroxylation sites is 3. The third-order valence-electron chi connectivity index (χ3n) is 7.54. The summed E-state index contributed by atoms with van der Waals surface area (Å²) < 4.78 is 9.17. The molecule has 2 aromatic carbocycles. The van der Waals surface area contributed by atoms with Gasteiger partial charge in [0.25, 0.3) is 11.7 Å². The minimum absolute atomic E-state index is 0. The molecule has 1 aliphatic rings. The highest BCUT2D eigenvalue weighted by atomic mass is 16.5. The minimum atomic E-state index is -0.614. The molecule has 0 aliphatic carbocycles. The van der Waals surface area contributed by atoms with Gasteiger partial charge < -0.3 is 19.5 Å². The van der Waals surface area contributed by atoms with Gasteiger partial charge >= 0.3 is 0 Å². The maximum atomic E-state index is 13.6. The predicted molar refractivity (Wildman–Crippen MR) is 159 cm³/mol. The summed E-state index contributed by atoms with van der Waals surface area (Å²) in [5, 5.41) is 4.81. The SMILES string of the molecule is COc1cnc(-n2cnc(C)n2)c2[nH]cc(C(=O)C(=O)N3CCN(c4nc5ccccc5n4-c4ccccc4)CC3)c12.[HH]. The molecule has 1 saturated heterocycles. The number of pyridine rings is 1. The van der Waals surface area contributed by atoms with Gasteiger partial charge in [-0.15, -0.1) is 0 Å². The minimum Gasteiger partial charge on any atom is -0.494 e. The molecule has 7 rings (SSSR count). The molecular weight excluding hydrogens is 534 g/mol. The van der Waals surface area contributed by atoms with Gasteiger partial charge in [-0.3, -0.25) is 14.2 Å². The Morgan fingerprint density at radius 1 is 0.976 bits per heavy atom. The molecule has 42 heavy (non-hydrogen) atoms. The van der Waals surface area contributed by atoms with Gasteiger partial charge in [0.05, 0.1) is 40.8 Å². The van der Waals surface area contributed by atoms with E-state index in [9.17, 15) is 9.59 Å². The number of aromatic amines is 1. The first-order chi connectivity index (χ1) is 20.5. The number of amides is 1. The van der Waals surface area contributed by atoms with E-state index in [2.05, 4.69) is 47.7 Å². The van der Waals surface area contributed by atoms with Crippen LogP contribution in [0.1, 0.15) is 17.6 Å². The lowest BCUT2D eigenvalue weighted by atomic mass is 10.1. The zero-order chi connectivity index (χ0) is 28.8. The van der Waals surface area contributed by atoms with E-state index in [0.717, 1.165) is 22.7 Å². The monoisotopic (exact) mass is 563 g/mol. The molecule has 0 atom stereocenters. The number of anilines is 1. The average molecular weight is 564 g/mol. The topological polar surface area (TPSA) is 127 Å². The summed E-state index contributed by atoms with van der Waals surface area (Å²) in [5.41, 5.74) is 3.67. The molecule has 1 N–H and O–H groups in total. The van der Waals surface area contributed by atoms with Crippen LogP contribution in [0, 0.1) is 6.92 Å². The molecule has 4 aromatic heterocycles. The zero-order valence-corrected chi connectivity index (χ0v) is 23.1. The van der Waals surface area contributed by atoms with Crippen molar-refractivity contribution in [2.45, 2.75) is 6.92 Å². The Kier molecular flexibility index (Phi) is 6.15. The van der Waals surface area contributed by atoms with E-state index in [1.54, 1.807) is 18.2 Å². The number of Topliss-reactive ketones (excluding diaryl/α,β-unsaturated/α-hetero) is 1. The quantitative estimate of drug-likeness (QED) is 0.241. The number of hydrogen-bond acceptors (Lipinski definition) is 8. The largest absolute Gasteiger partial charge is 0.494 e. The summed E-state index contributed by atoms with van der Waals surface area (Å²) in [7, 11) is 1.50. The zero-order valence-electron chi connectivity index (χ0n) is 23.1. The summed E-state index contributed by atoms with van der Waals surface area (Å²) in [6, 6.07) is 18.1. The summed E-state index contributed by atoms with van der Waals surface area (Å²) in [6.07, 6.45) is 4.59. The molecule has 1 fully saturated rings. The summed E-state index contributed by atoms with van der Waals surface area (Å²) in [6.45, 7) is 3.61. The molecule has 0 radical (unpaired) electrons. The lowest BCUT2D eigenvalue weighted by Gasteiger charge is -2.35. The average Bonchev–Trinajstić information content (AvgIpc) is 3.77. The smallest absolute Gasteiger partial charge is 0.295 e. The highest BCUT2D eigenvalue weighted by molar-refractivity contribution is 6.45. The van der Waals surface area contributed by atoms with Crippen LogP contribution in [-0.2, 0) is 4.79 Å². The van der Waals surface area contributed by atoms with E-state index < -0.39 is 11.7 Å². The van der Waals surface area contributed by atoms with Gasteiger partial charge in [-0.05, 0) is 31.2 Å². The Morgan fingerprint density at radius 2 is 1.74 bits per heavy atom. The number of carbonyl (C=O) groups is 2. The van der Waals surface area contributed by atoms with Crippen molar-refractivity contribution in [1.82, 2.24) is 39.2 Å². The fraction of sp³-hybridized carbons (Fsp3) is 0.200. The van der Waals surface area contributed by atoms with Gasteiger partial charge in [-0.2, -0.15) is 5.10 Å². The number of carbonyl (C=O) groups excluding carboxylic acids is 2. The highest BCUT2D eigenvalue weighted by Crippen LogP contribution is 2.32. The van der Waals surface area contributed by atoms with E-state index in [-0.39, 0.29) is 6.99 Å². The van der Waals surface area contributed by atoms with Crippen LogP contribution in [-0.4, -0.2) is 84.2 Å². The van der Waals surface area contributed by atoms with Crippen molar-refractivity contribution in [1.29, 1.82) is 0 Å². The first kappa shape index (κ1) is 25.4. The molecule has 5 heterocycles. The van der Waals surface area contributed by atoms with Crippen LogP contribution in [0.15, 0.2) is 73.3 Å². The van der Waals surface area contributed by atoms with Gasteiger partial charge in [0.15, 0.2) is 5.82 Å². The number of nitrogens with one attached hydrogen (secondary N) is 1. The van der Waals surface area contributed by atoms with Gasteiger partial charge in [-0.25, -0.2) is 19.6 Å². The molecule has 12 heteroatoms. The maximum absolute atomic E-state index is 13.6. The molecule has 0 spiro atoms. The molecular formula is C30H29N9O3. The number of rotatable bonds is 6. The van der Waals surface area contributed by atoms with Crippen molar-refractivity contribution < 1.29 is 15.8 Å². The third kappa shape index (κ3) is 4.15. The van der Waals surface area contributed by atoms with Crippen molar-refractivity contribution in [3.63, 3.8) is 0 Å². The molecule has 1 amide bonds. The molecule has 12 nitrogen and oxygen atoms in total. The van der Waals surface area contributed by atoms with Crippen molar-refractivity contribution in [3.8, 4) is 17.3 Å². The first-order valence-corrected chi connectivity index (χ1v) is 13.6. The van der Waals surface area contributed by atoms with Gasteiger partial charge in [-0.1, -0.05) is 30.3 Å². The fourth-order valence-corrected chi connectivity index (χ4v) is 5.49. The number of benzene rings is 2. The fourth-order valence-electron chi connectivity index (χ4n) is 5.49. The second-order valence-electron chi connectivity index (χ2n) is 10.0. The summed E-state index contributed by atoms with van der Waals surface area (Å²) in [4.78, 5) is 47.5. The van der Waals surface area contributed by atoms with Crippen molar-refractivity contribution in [2.24, 2.45) is 0 Å². The van der Waals surface area contributed by atoms with Gasteiger partial charge in [0.2, 0.25) is 5.95 Å². The molecule has 0 saturated carbocycles. The van der Waals surface area contributed by atoms with Gasteiger partial charge in [0.1, 0.15) is 17.9 Å². The van der Waals surface area contributed by atoms with Crippen LogP contribution < -0.4 is 9.64 Å². The van der Waals surface area contributed by atoms with Crippen molar-refractivity contribution in [2.75, 3.05) is 38.2 Å². The van der Waals surface area contributed by atoms with E-state index in [1.165, 1.54) is 24.2 Å². The number of piperazine rings is 1. The number of ether oxygens (including phenoxy) is 1. The van der Waals surface area contributed by atoms with Crippen LogP contribution in [0.2, 0.25) is 0 Å². The van der Waals surface area contributed by atoms with Crippen LogP contribution in [0.3, 0.4) is 0 Å². The van der Waals surface area contributed by atoms with Crippen LogP contribution in [0.4, 0.5) is 5.95 Å². The number of fused-ring (bicyclic) bond motifs is 2. The van der Waals surface area contributed by atoms with Gasteiger partial charge in [0, 0.05) is 39.5 Å². The van der Waals surface area contributed by atoms with E-state index in [4.69, 9.17) is 9.72 Å². The van der Waals surface area contributed by atoms with Crippen molar-refractivity contribution in [3.05, 3.63) is 84.7 Å². The Labute approximate surface area is 241 Å². The Morgan fingerprint density at radius 3 is 2.48 bits per heavy atom. The summed E-state index contributed by atoms with van der Waals surface area (Å²) >= 11 is 0. The number of imidazole rings is 1. The Bertz CT molecular complexity index is 1960.